The number of ether oxygens (including phenoxy) is 1. The Morgan fingerprint density at radius 2 is 2.07 bits per heavy atom. The zero-order chi connectivity index (χ0) is 11.1. The minimum atomic E-state index is -0.479. The lowest BCUT2D eigenvalue weighted by Crippen LogP contribution is -2.42. The zero-order valence-electron chi connectivity index (χ0n) is 9.55. The molecule has 1 fully saturated rings. The number of Topliss-reactive ketones (excluding diaryl/α,β-unsaturated/α-hetero) is 1. The second-order valence-corrected chi connectivity index (χ2v) is 4.24. The van der Waals surface area contributed by atoms with Gasteiger partial charge in [-0.2, -0.15) is 0 Å². The van der Waals surface area contributed by atoms with Gasteiger partial charge in [0.1, 0.15) is 5.60 Å². The van der Waals surface area contributed by atoms with E-state index in [4.69, 9.17) is 11.2 Å². The predicted octanol–water partition coefficient (Wildman–Crippen LogP) is 2.71. The van der Waals surface area contributed by atoms with E-state index in [1.807, 2.05) is 0 Å². The number of carbonyl (C=O) groups is 1. The van der Waals surface area contributed by atoms with Gasteiger partial charge in [-0.05, 0) is 19.3 Å². The number of ketones is 1. The number of hydrogen-bond donors (Lipinski definition) is 0. The molecule has 0 unspecified atom stereocenters. The second kappa shape index (κ2) is 5.92. The molecule has 0 spiro atoms. The Balaban J connectivity index is 2.49. The Kier molecular flexibility index (Phi) is 4.84. The molecule has 0 N–H and O–H groups in total. The van der Waals surface area contributed by atoms with Gasteiger partial charge in [-0.15, -0.1) is 12.3 Å². The largest absolute Gasteiger partial charge is 0.370 e. The summed E-state index contributed by atoms with van der Waals surface area (Å²) in [7, 11) is 1.66. The first-order valence-corrected chi connectivity index (χ1v) is 5.77. The van der Waals surface area contributed by atoms with Crippen molar-refractivity contribution in [2.24, 2.45) is 0 Å². The van der Waals surface area contributed by atoms with Gasteiger partial charge in [-0.25, -0.2) is 0 Å². The molecule has 1 aliphatic carbocycles. The van der Waals surface area contributed by atoms with Crippen LogP contribution in [0.25, 0.3) is 0 Å². The summed E-state index contributed by atoms with van der Waals surface area (Å²) in [5, 5.41) is 0. The number of terminal acetylenes is 1. The fraction of sp³-hybridized carbons (Fsp3) is 0.769. The van der Waals surface area contributed by atoms with Crippen molar-refractivity contribution in [1.82, 2.24) is 0 Å². The van der Waals surface area contributed by atoms with Crippen LogP contribution >= 0.6 is 0 Å². The molecule has 1 saturated carbocycles. The van der Waals surface area contributed by atoms with E-state index in [9.17, 15) is 4.79 Å². The first-order chi connectivity index (χ1) is 7.25. The third-order valence-electron chi connectivity index (χ3n) is 3.29. The summed E-state index contributed by atoms with van der Waals surface area (Å²) in [6, 6.07) is 0. The lowest BCUT2D eigenvalue weighted by atomic mass is 9.80. The molecule has 2 heteroatoms. The van der Waals surface area contributed by atoms with Crippen molar-refractivity contribution in [2.75, 3.05) is 7.11 Å². The maximum Gasteiger partial charge on any atom is 0.164 e. The fourth-order valence-corrected chi connectivity index (χ4v) is 2.30. The van der Waals surface area contributed by atoms with Crippen molar-refractivity contribution in [3.8, 4) is 12.3 Å². The monoisotopic (exact) mass is 208 g/mol. The van der Waals surface area contributed by atoms with Crippen molar-refractivity contribution in [1.29, 1.82) is 0 Å². The topological polar surface area (TPSA) is 26.3 Å². The summed E-state index contributed by atoms with van der Waals surface area (Å²) >= 11 is 0. The molecule has 0 aliphatic heterocycles. The SMILES string of the molecule is C#CCCCC(=O)C1(OC)CCCCC1. The van der Waals surface area contributed by atoms with Gasteiger partial charge >= 0.3 is 0 Å². The van der Waals surface area contributed by atoms with Gasteiger partial charge in [0.25, 0.3) is 0 Å². The molecule has 0 atom stereocenters. The predicted molar refractivity (Wildman–Crippen MR) is 60.5 cm³/mol. The Morgan fingerprint density at radius 3 is 2.60 bits per heavy atom. The number of hydrogen-bond acceptors (Lipinski definition) is 2. The van der Waals surface area contributed by atoms with E-state index >= 15 is 0 Å². The highest BCUT2D eigenvalue weighted by molar-refractivity contribution is 5.87. The standard InChI is InChI=1S/C13H20O2/c1-3-4-6-9-12(14)13(15-2)10-7-5-8-11-13/h1H,4-11H2,2H3. The smallest absolute Gasteiger partial charge is 0.164 e. The second-order valence-electron chi connectivity index (χ2n) is 4.24. The molecule has 84 valence electrons. The molecule has 0 aromatic rings. The van der Waals surface area contributed by atoms with E-state index < -0.39 is 5.60 Å². The van der Waals surface area contributed by atoms with E-state index in [1.54, 1.807) is 7.11 Å². The molecule has 15 heavy (non-hydrogen) atoms. The molecule has 1 aliphatic rings. The van der Waals surface area contributed by atoms with E-state index in [-0.39, 0.29) is 5.78 Å². The Bertz CT molecular complexity index is 244. The molecule has 0 amide bonds. The van der Waals surface area contributed by atoms with E-state index in [0.717, 1.165) is 32.1 Å². The Labute approximate surface area is 92.4 Å². The van der Waals surface area contributed by atoms with E-state index in [0.29, 0.717) is 12.8 Å². The van der Waals surface area contributed by atoms with Crippen molar-refractivity contribution in [3.05, 3.63) is 0 Å². The number of rotatable bonds is 5. The molecule has 0 aromatic carbocycles. The van der Waals surface area contributed by atoms with Crippen LogP contribution in [0.4, 0.5) is 0 Å². The highest BCUT2D eigenvalue weighted by Gasteiger charge is 2.38. The third-order valence-corrected chi connectivity index (χ3v) is 3.29. The summed E-state index contributed by atoms with van der Waals surface area (Å²) in [6.07, 6.45) is 12.4. The minimum absolute atomic E-state index is 0.250. The first-order valence-electron chi connectivity index (χ1n) is 5.77. The van der Waals surface area contributed by atoms with Gasteiger partial charge in [0.15, 0.2) is 5.78 Å². The van der Waals surface area contributed by atoms with Crippen LogP contribution < -0.4 is 0 Å². The normalized spacial score (nSPS) is 19.5. The van der Waals surface area contributed by atoms with Crippen LogP contribution in [0.3, 0.4) is 0 Å². The van der Waals surface area contributed by atoms with Gasteiger partial charge in [-0.3, -0.25) is 4.79 Å². The molecule has 2 nitrogen and oxygen atoms in total. The van der Waals surface area contributed by atoms with Crippen LogP contribution in [0.5, 0.6) is 0 Å². The fourth-order valence-electron chi connectivity index (χ4n) is 2.30. The van der Waals surface area contributed by atoms with Gasteiger partial charge < -0.3 is 4.74 Å². The zero-order valence-corrected chi connectivity index (χ0v) is 9.55. The molecule has 0 saturated heterocycles. The van der Waals surface area contributed by atoms with Crippen LogP contribution in [-0.4, -0.2) is 18.5 Å². The van der Waals surface area contributed by atoms with Crippen LogP contribution in [-0.2, 0) is 9.53 Å². The number of methoxy groups -OCH3 is 1. The highest BCUT2D eigenvalue weighted by atomic mass is 16.5. The van der Waals surface area contributed by atoms with Crippen LogP contribution in [0.2, 0.25) is 0 Å². The van der Waals surface area contributed by atoms with E-state index in [2.05, 4.69) is 5.92 Å². The third kappa shape index (κ3) is 3.07. The molecule has 1 rings (SSSR count). The maximum absolute atomic E-state index is 12.0. The number of carbonyl (C=O) groups excluding carboxylic acids is 1. The quantitative estimate of drug-likeness (QED) is 0.513. The van der Waals surface area contributed by atoms with Gasteiger partial charge in [-0.1, -0.05) is 19.3 Å². The molecule has 0 bridgehead atoms. The van der Waals surface area contributed by atoms with Crippen LogP contribution in [0.15, 0.2) is 0 Å². The summed E-state index contributed by atoms with van der Waals surface area (Å²) < 4.78 is 5.47. The average Bonchev–Trinajstić information content (AvgIpc) is 2.30. The summed E-state index contributed by atoms with van der Waals surface area (Å²) in [6.45, 7) is 0. The molecular formula is C13H20O2. The molecule has 0 aromatic heterocycles. The average molecular weight is 208 g/mol. The van der Waals surface area contributed by atoms with Gasteiger partial charge in [0.2, 0.25) is 0 Å². The van der Waals surface area contributed by atoms with Crippen molar-refractivity contribution < 1.29 is 9.53 Å². The van der Waals surface area contributed by atoms with Crippen molar-refractivity contribution in [3.63, 3.8) is 0 Å². The molecular weight excluding hydrogens is 188 g/mol. The van der Waals surface area contributed by atoms with Crippen molar-refractivity contribution >= 4 is 5.78 Å². The molecule has 0 radical (unpaired) electrons. The highest BCUT2D eigenvalue weighted by Crippen LogP contribution is 2.33. The number of unbranched alkanes of at least 4 members (excludes halogenated alkanes) is 1. The van der Waals surface area contributed by atoms with Crippen molar-refractivity contribution in [2.45, 2.75) is 57.0 Å². The first kappa shape index (κ1) is 12.3. The van der Waals surface area contributed by atoms with E-state index in [1.165, 1.54) is 6.42 Å². The molecule has 0 heterocycles. The summed E-state index contributed by atoms with van der Waals surface area (Å²) in [5.41, 5.74) is -0.479. The minimum Gasteiger partial charge on any atom is -0.370 e. The lowest BCUT2D eigenvalue weighted by Gasteiger charge is -2.34. The van der Waals surface area contributed by atoms with Gasteiger partial charge in [0.05, 0.1) is 0 Å². The van der Waals surface area contributed by atoms with Crippen LogP contribution in [0, 0.1) is 12.3 Å². The Hall–Kier alpha value is -0.810. The Morgan fingerprint density at radius 1 is 1.40 bits per heavy atom. The summed E-state index contributed by atoms with van der Waals surface area (Å²) in [5.74, 6) is 2.81. The lowest BCUT2D eigenvalue weighted by molar-refractivity contribution is -0.145. The van der Waals surface area contributed by atoms with Gasteiger partial charge in [0, 0.05) is 20.0 Å². The van der Waals surface area contributed by atoms with Crippen LogP contribution in [0.1, 0.15) is 51.4 Å². The maximum atomic E-state index is 12.0. The summed E-state index contributed by atoms with van der Waals surface area (Å²) in [4.78, 5) is 12.0.